The number of hydrogen-bond donors (Lipinski definition) is 0. The molecule has 12 heavy (non-hydrogen) atoms. The van der Waals surface area contributed by atoms with Gasteiger partial charge in [-0.2, -0.15) is 0 Å². The van der Waals surface area contributed by atoms with Crippen molar-refractivity contribution >= 4 is 37.7 Å². The largest absolute Gasteiger partial charge is 2.00 e. The van der Waals surface area contributed by atoms with E-state index in [2.05, 4.69) is 20.4 Å². The molecular weight excluding hydrogens is 176 g/mol. The minimum absolute atomic E-state index is 0. The Morgan fingerprint density at radius 1 is 1.67 bits per heavy atom. The van der Waals surface area contributed by atoms with E-state index < -0.39 is 0 Å². The van der Waals surface area contributed by atoms with Gasteiger partial charge in [-0.05, 0) is 39.0 Å². The first-order valence-electron chi connectivity index (χ1n) is 4.45. The van der Waals surface area contributed by atoms with Gasteiger partial charge in [0.25, 0.3) is 0 Å². The van der Waals surface area contributed by atoms with Crippen LogP contribution in [0.5, 0.6) is 0 Å². The summed E-state index contributed by atoms with van der Waals surface area (Å²) in [5.41, 5.74) is 1.61. The Morgan fingerprint density at radius 2 is 2.33 bits per heavy atom. The molecule has 2 rings (SSSR count). The van der Waals surface area contributed by atoms with Gasteiger partial charge < -0.3 is 7.59 Å². The van der Waals surface area contributed by atoms with Crippen LogP contribution in [-0.4, -0.2) is 49.4 Å². The van der Waals surface area contributed by atoms with Crippen LogP contribution in [0.2, 0.25) is 0 Å². The molecule has 1 saturated carbocycles. The Morgan fingerprint density at radius 3 is 2.83 bits per heavy atom. The summed E-state index contributed by atoms with van der Waals surface area (Å²) in [6.07, 6.45) is 4.28. The quantitative estimate of drug-likeness (QED) is 0.355. The third kappa shape index (κ3) is 1.89. The molecule has 2 aliphatic rings. The zero-order chi connectivity index (χ0) is 8.06. The summed E-state index contributed by atoms with van der Waals surface area (Å²) >= 11 is 0. The van der Waals surface area contributed by atoms with Crippen LogP contribution >= 0.6 is 0 Å². The van der Waals surface area contributed by atoms with Gasteiger partial charge in [0.15, 0.2) is 0 Å². The summed E-state index contributed by atoms with van der Waals surface area (Å²) in [6, 6.07) is 0. The number of epoxide rings is 1. The SMILES string of the molecule is C=C(C)C1CCC2(C)OC2C1.[Ca+2].[H-].[H-]. The summed E-state index contributed by atoms with van der Waals surface area (Å²) in [5, 5.41) is 0. The smallest absolute Gasteiger partial charge is 1.00 e. The van der Waals surface area contributed by atoms with Crippen LogP contribution in [0.3, 0.4) is 0 Å². The zero-order valence-corrected chi connectivity index (χ0v) is 10.3. The van der Waals surface area contributed by atoms with Gasteiger partial charge in [0, 0.05) is 0 Å². The average Bonchev–Trinajstić information content (AvgIpc) is 2.58. The predicted octanol–water partition coefficient (Wildman–Crippen LogP) is 2.36. The van der Waals surface area contributed by atoms with Gasteiger partial charge in [0.1, 0.15) is 0 Å². The molecule has 0 aromatic rings. The van der Waals surface area contributed by atoms with Crippen molar-refractivity contribution in [2.75, 3.05) is 0 Å². The summed E-state index contributed by atoms with van der Waals surface area (Å²) in [5.74, 6) is 0.732. The Bertz CT molecular complexity index is 210. The van der Waals surface area contributed by atoms with E-state index in [0.717, 1.165) is 5.92 Å². The molecule has 3 atom stereocenters. The minimum atomic E-state index is 0. The number of fused-ring (bicyclic) bond motifs is 1. The van der Waals surface area contributed by atoms with Crippen molar-refractivity contribution < 1.29 is 7.59 Å². The molecule has 1 nitrogen and oxygen atoms in total. The molecule has 2 fully saturated rings. The monoisotopic (exact) mass is 194 g/mol. The predicted molar refractivity (Wildman–Crippen MR) is 53.4 cm³/mol. The molecule has 0 amide bonds. The molecule has 1 aliphatic heterocycles. The molecule has 3 unspecified atom stereocenters. The van der Waals surface area contributed by atoms with Crippen molar-refractivity contribution in [3.63, 3.8) is 0 Å². The van der Waals surface area contributed by atoms with Crippen molar-refractivity contribution in [2.24, 2.45) is 5.92 Å². The molecule has 2 heteroatoms. The van der Waals surface area contributed by atoms with Crippen LogP contribution in [0.25, 0.3) is 0 Å². The summed E-state index contributed by atoms with van der Waals surface area (Å²) in [6.45, 7) is 8.36. The number of ether oxygens (including phenoxy) is 1. The first-order chi connectivity index (χ1) is 5.12. The Kier molecular flexibility index (Phi) is 3.32. The molecule has 1 heterocycles. The fourth-order valence-electron chi connectivity index (χ4n) is 2.09. The Hall–Kier alpha value is 0.960. The summed E-state index contributed by atoms with van der Waals surface area (Å²) in [4.78, 5) is 0. The van der Waals surface area contributed by atoms with Crippen molar-refractivity contribution in [1.29, 1.82) is 0 Å². The van der Waals surface area contributed by atoms with E-state index in [-0.39, 0.29) is 46.2 Å². The maximum absolute atomic E-state index is 5.60. The molecule has 1 saturated heterocycles. The summed E-state index contributed by atoms with van der Waals surface area (Å²) in [7, 11) is 0. The molecular formula is C10H18CaO. The Labute approximate surface area is 108 Å². The topological polar surface area (TPSA) is 12.5 Å². The third-order valence-corrected chi connectivity index (χ3v) is 3.22. The second-order valence-electron chi connectivity index (χ2n) is 4.24. The van der Waals surface area contributed by atoms with Gasteiger partial charge >= 0.3 is 37.7 Å². The summed E-state index contributed by atoms with van der Waals surface area (Å²) < 4.78 is 5.60. The van der Waals surface area contributed by atoms with Crippen molar-refractivity contribution in [2.45, 2.75) is 44.8 Å². The maximum atomic E-state index is 5.60. The van der Waals surface area contributed by atoms with Gasteiger partial charge in [-0.25, -0.2) is 0 Å². The number of hydrogen-bond acceptors (Lipinski definition) is 1. The molecule has 0 spiro atoms. The molecule has 0 N–H and O–H groups in total. The van der Waals surface area contributed by atoms with E-state index in [1.165, 1.54) is 24.8 Å². The molecule has 0 bridgehead atoms. The molecule has 1 aliphatic carbocycles. The second-order valence-corrected chi connectivity index (χ2v) is 4.24. The van der Waals surface area contributed by atoms with Crippen molar-refractivity contribution in [3.8, 4) is 0 Å². The van der Waals surface area contributed by atoms with Crippen LogP contribution in [0.15, 0.2) is 12.2 Å². The first kappa shape index (κ1) is 11.0. The van der Waals surface area contributed by atoms with E-state index in [4.69, 9.17) is 4.74 Å². The zero-order valence-electron chi connectivity index (χ0n) is 10.1. The molecule has 0 radical (unpaired) electrons. The van der Waals surface area contributed by atoms with Crippen LogP contribution in [0, 0.1) is 5.92 Å². The normalized spacial score (nSPS) is 44.2. The Balaban J connectivity index is 0. The second kappa shape index (κ2) is 3.61. The maximum Gasteiger partial charge on any atom is 2.00 e. The van der Waals surface area contributed by atoms with E-state index in [1.54, 1.807) is 0 Å². The molecule has 66 valence electrons. The van der Waals surface area contributed by atoms with Gasteiger partial charge in [-0.1, -0.05) is 12.2 Å². The van der Waals surface area contributed by atoms with Crippen molar-refractivity contribution in [1.82, 2.24) is 0 Å². The van der Waals surface area contributed by atoms with Crippen LogP contribution in [0.4, 0.5) is 0 Å². The molecule has 0 aromatic carbocycles. The fourth-order valence-corrected chi connectivity index (χ4v) is 2.09. The minimum Gasteiger partial charge on any atom is -1.00 e. The average molecular weight is 194 g/mol. The standard InChI is InChI=1S/C10H16O.Ca.2H/c1-7(2)8-4-5-10(3)9(6-8)11-10;;;/h8-9H,1,4-6H2,2-3H3;;;/q;+2;2*-1. The van der Waals surface area contributed by atoms with Gasteiger partial charge in [0.2, 0.25) is 0 Å². The molecule has 0 aromatic heterocycles. The van der Waals surface area contributed by atoms with E-state index in [0.29, 0.717) is 6.10 Å². The third-order valence-electron chi connectivity index (χ3n) is 3.22. The van der Waals surface area contributed by atoms with Crippen LogP contribution in [-0.2, 0) is 4.74 Å². The van der Waals surface area contributed by atoms with Gasteiger partial charge in [-0.3, -0.25) is 0 Å². The number of allylic oxidation sites excluding steroid dienone is 1. The van der Waals surface area contributed by atoms with Crippen molar-refractivity contribution in [3.05, 3.63) is 12.2 Å². The number of rotatable bonds is 1. The van der Waals surface area contributed by atoms with Gasteiger partial charge in [0.05, 0.1) is 11.7 Å². The van der Waals surface area contributed by atoms with E-state index >= 15 is 0 Å². The van der Waals surface area contributed by atoms with Gasteiger partial charge in [-0.15, -0.1) is 0 Å². The van der Waals surface area contributed by atoms with E-state index in [9.17, 15) is 0 Å². The fraction of sp³-hybridized carbons (Fsp3) is 0.800. The van der Waals surface area contributed by atoms with Crippen LogP contribution < -0.4 is 0 Å². The van der Waals surface area contributed by atoms with Crippen LogP contribution in [0.1, 0.15) is 36.0 Å². The first-order valence-corrected chi connectivity index (χ1v) is 4.45. The van der Waals surface area contributed by atoms with E-state index in [1.807, 2.05) is 0 Å².